The van der Waals surface area contributed by atoms with Gasteiger partial charge in [0.25, 0.3) is 0 Å². The SMILES string of the molecule is COc1ccc(Nc2nccc(Nc3ccc(Cl)cc3Cl)n2)cc1OC. The third-order valence-electron chi connectivity index (χ3n) is 3.49. The van der Waals surface area contributed by atoms with Crippen LogP contribution in [0.3, 0.4) is 0 Å². The minimum Gasteiger partial charge on any atom is -0.493 e. The van der Waals surface area contributed by atoms with Gasteiger partial charge in [0.15, 0.2) is 11.5 Å². The van der Waals surface area contributed by atoms with E-state index >= 15 is 0 Å². The van der Waals surface area contributed by atoms with Crippen LogP contribution >= 0.6 is 23.2 Å². The molecule has 0 spiro atoms. The summed E-state index contributed by atoms with van der Waals surface area (Å²) in [6.45, 7) is 0. The van der Waals surface area contributed by atoms with Crippen LogP contribution in [0.25, 0.3) is 0 Å². The number of methoxy groups -OCH3 is 2. The molecule has 0 saturated carbocycles. The van der Waals surface area contributed by atoms with Crippen LogP contribution in [0.5, 0.6) is 11.5 Å². The lowest BCUT2D eigenvalue weighted by Crippen LogP contribution is -2.01. The van der Waals surface area contributed by atoms with Crippen molar-refractivity contribution >= 4 is 46.3 Å². The fraction of sp³-hybridized carbons (Fsp3) is 0.111. The van der Waals surface area contributed by atoms with Crippen LogP contribution < -0.4 is 20.1 Å². The molecule has 1 heterocycles. The lowest BCUT2D eigenvalue weighted by molar-refractivity contribution is 0.355. The van der Waals surface area contributed by atoms with Gasteiger partial charge in [0, 0.05) is 23.0 Å². The molecule has 134 valence electrons. The fourth-order valence-electron chi connectivity index (χ4n) is 2.26. The third kappa shape index (κ3) is 4.28. The second-order valence-corrected chi connectivity index (χ2v) is 6.05. The van der Waals surface area contributed by atoms with E-state index in [-0.39, 0.29) is 0 Å². The summed E-state index contributed by atoms with van der Waals surface area (Å²) >= 11 is 12.1. The van der Waals surface area contributed by atoms with Gasteiger partial charge < -0.3 is 20.1 Å². The third-order valence-corrected chi connectivity index (χ3v) is 4.04. The minimum atomic E-state index is 0.423. The van der Waals surface area contributed by atoms with E-state index in [0.29, 0.717) is 39.0 Å². The summed E-state index contributed by atoms with van der Waals surface area (Å²) < 4.78 is 10.5. The van der Waals surface area contributed by atoms with Gasteiger partial charge in [-0.2, -0.15) is 4.98 Å². The summed E-state index contributed by atoms with van der Waals surface area (Å²) in [6, 6.07) is 12.4. The normalized spacial score (nSPS) is 10.3. The number of ether oxygens (including phenoxy) is 2. The summed E-state index contributed by atoms with van der Waals surface area (Å²) in [5.41, 5.74) is 1.47. The van der Waals surface area contributed by atoms with Gasteiger partial charge in [-0.25, -0.2) is 4.98 Å². The van der Waals surface area contributed by atoms with E-state index in [2.05, 4.69) is 20.6 Å². The van der Waals surface area contributed by atoms with Crippen molar-refractivity contribution in [3.63, 3.8) is 0 Å². The van der Waals surface area contributed by atoms with Gasteiger partial charge in [0.05, 0.1) is 24.9 Å². The Kier molecular flexibility index (Phi) is 5.65. The van der Waals surface area contributed by atoms with Gasteiger partial charge in [-0.15, -0.1) is 0 Å². The molecule has 2 aromatic carbocycles. The lowest BCUT2D eigenvalue weighted by Gasteiger charge is -2.12. The summed E-state index contributed by atoms with van der Waals surface area (Å²) in [7, 11) is 3.17. The van der Waals surface area contributed by atoms with Crippen LogP contribution in [0.2, 0.25) is 10.0 Å². The highest BCUT2D eigenvalue weighted by Gasteiger charge is 2.07. The first-order valence-corrected chi connectivity index (χ1v) is 8.39. The number of hydrogen-bond donors (Lipinski definition) is 2. The number of benzene rings is 2. The average molecular weight is 391 g/mol. The Morgan fingerprint density at radius 1 is 0.885 bits per heavy atom. The summed E-state index contributed by atoms with van der Waals surface area (Å²) in [6.07, 6.45) is 1.64. The molecule has 3 rings (SSSR count). The van der Waals surface area contributed by atoms with E-state index in [9.17, 15) is 0 Å². The zero-order valence-corrected chi connectivity index (χ0v) is 15.6. The maximum atomic E-state index is 6.18. The highest BCUT2D eigenvalue weighted by Crippen LogP contribution is 2.31. The molecule has 0 saturated heterocycles. The Morgan fingerprint density at radius 3 is 2.42 bits per heavy atom. The van der Waals surface area contributed by atoms with Crippen molar-refractivity contribution in [2.45, 2.75) is 0 Å². The number of nitrogens with one attached hydrogen (secondary N) is 2. The molecule has 0 atom stereocenters. The molecule has 6 nitrogen and oxygen atoms in total. The average Bonchev–Trinajstić information content (AvgIpc) is 2.64. The van der Waals surface area contributed by atoms with Crippen molar-refractivity contribution in [1.82, 2.24) is 9.97 Å². The van der Waals surface area contributed by atoms with Gasteiger partial charge in [-0.1, -0.05) is 23.2 Å². The van der Waals surface area contributed by atoms with Crippen LogP contribution in [-0.4, -0.2) is 24.2 Å². The molecule has 0 aliphatic rings. The number of rotatable bonds is 6. The highest BCUT2D eigenvalue weighted by molar-refractivity contribution is 6.36. The van der Waals surface area contributed by atoms with E-state index in [1.807, 2.05) is 6.07 Å². The Morgan fingerprint density at radius 2 is 1.69 bits per heavy atom. The van der Waals surface area contributed by atoms with Gasteiger partial charge in [-0.05, 0) is 36.4 Å². The predicted octanol–water partition coefficient (Wildman–Crippen LogP) is 5.29. The second-order valence-electron chi connectivity index (χ2n) is 5.21. The van der Waals surface area contributed by atoms with E-state index in [4.69, 9.17) is 32.7 Å². The molecule has 0 aliphatic carbocycles. The van der Waals surface area contributed by atoms with Gasteiger partial charge >= 0.3 is 0 Å². The summed E-state index contributed by atoms with van der Waals surface area (Å²) in [5.74, 6) is 2.27. The van der Waals surface area contributed by atoms with Crippen LogP contribution in [-0.2, 0) is 0 Å². The van der Waals surface area contributed by atoms with Crippen LogP contribution in [0.4, 0.5) is 23.1 Å². The predicted molar refractivity (Wildman–Crippen MR) is 105 cm³/mol. The van der Waals surface area contributed by atoms with Crippen molar-refractivity contribution in [2.24, 2.45) is 0 Å². The number of anilines is 4. The Bertz CT molecular complexity index is 921. The number of hydrogen-bond acceptors (Lipinski definition) is 6. The zero-order chi connectivity index (χ0) is 18.5. The first kappa shape index (κ1) is 18.1. The maximum absolute atomic E-state index is 6.18. The van der Waals surface area contributed by atoms with Crippen molar-refractivity contribution in [2.75, 3.05) is 24.9 Å². The fourth-order valence-corrected chi connectivity index (χ4v) is 2.72. The van der Waals surface area contributed by atoms with Crippen molar-refractivity contribution in [3.8, 4) is 11.5 Å². The number of halogens is 2. The molecule has 26 heavy (non-hydrogen) atoms. The first-order valence-electron chi connectivity index (χ1n) is 7.63. The Hall–Kier alpha value is -2.70. The largest absolute Gasteiger partial charge is 0.493 e. The van der Waals surface area contributed by atoms with Gasteiger partial charge in [0.2, 0.25) is 5.95 Å². The molecule has 0 aliphatic heterocycles. The maximum Gasteiger partial charge on any atom is 0.229 e. The molecular weight excluding hydrogens is 375 g/mol. The minimum absolute atomic E-state index is 0.423. The molecule has 3 aromatic rings. The number of aromatic nitrogens is 2. The zero-order valence-electron chi connectivity index (χ0n) is 14.1. The summed E-state index contributed by atoms with van der Waals surface area (Å²) in [4.78, 5) is 8.65. The first-order chi connectivity index (χ1) is 12.6. The molecule has 0 unspecified atom stereocenters. The smallest absolute Gasteiger partial charge is 0.229 e. The van der Waals surface area contributed by atoms with Crippen LogP contribution in [0.15, 0.2) is 48.7 Å². The van der Waals surface area contributed by atoms with Crippen molar-refractivity contribution < 1.29 is 9.47 Å². The quantitative estimate of drug-likeness (QED) is 0.595. The molecule has 2 N–H and O–H groups in total. The lowest BCUT2D eigenvalue weighted by atomic mass is 10.3. The molecule has 1 aromatic heterocycles. The van der Waals surface area contributed by atoms with Crippen LogP contribution in [0.1, 0.15) is 0 Å². The Balaban J connectivity index is 1.79. The van der Waals surface area contributed by atoms with Crippen molar-refractivity contribution in [3.05, 3.63) is 58.7 Å². The molecule has 0 amide bonds. The molecule has 8 heteroatoms. The van der Waals surface area contributed by atoms with E-state index in [1.54, 1.807) is 56.8 Å². The van der Waals surface area contributed by atoms with E-state index in [1.165, 1.54) is 0 Å². The molecular formula is C18H16Cl2N4O2. The molecule has 0 fully saturated rings. The number of nitrogens with zero attached hydrogens (tertiary/aromatic N) is 2. The topological polar surface area (TPSA) is 68.3 Å². The van der Waals surface area contributed by atoms with Crippen molar-refractivity contribution in [1.29, 1.82) is 0 Å². The van der Waals surface area contributed by atoms with Crippen LogP contribution in [0, 0.1) is 0 Å². The molecule has 0 radical (unpaired) electrons. The Labute approximate surface area is 161 Å². The van der Waals surface area contributed by atoms with Gasteiger partial charge in [0.1, 0.15) is 5.82 Å². The van der Waals surface area contributed by atoms with E-state index < -0.39 is 0 Å². The monoisotopic (exact) mass is 390 g/mol. The van der Waals surface area contributed by atoms with Gasteiger partial charge in [-0.3, -0.25) is 0 Å². The second kappa shape index (κ2) is 8.12. The molecule has 0 bridgehead atoms. The standard InChI is InChI=1S/C18H16Cl2N4O2/c1-25-15-6-4-12(10-16(15)26-2)22-18-21-8-7-17(24-18)23-14-5-3-11(19)9-13(14)20/h3-10H,1-2H3,(H2,21,22,23,24). The van der Waals surface area contributed by atoms with E-state index in [0.717, 1.165) is 5.69 Å². The highest BCUT2D eigenvalue weighted by atomic mass is 35.5. The summed E-state index contributed by atoms with van der Waals surface area (Å²) in [5, 5.41) is 7.34.